The van der Waals surface area contributed by atoms with Crippen LogP contribution in [0.5, 0.6) is 0 Å². The van der Waals surface area contributed by atoms with Crippen LogP contribution in [0, 0.1) is 6.92 Å². The number of aromatic nitrogens is 2. The molecule has 1 unspecified atom stereocenters. The molecule has 1 aliphatic heterocycles. The number of carbonyl (C=O) groups is 1. The molecule has 0 spiro atoms. The maximum absolute atomic E-state index is 12.9. The predicted octanol–water partition coefficient (Wildman–Crippen LogP) is 3.06. The van der Waals surface area contributed by atoms with Crippen molar-refractivity contribution in [2.75, 3.05) is 13.2 Å². The molecule has 6 heteroatoms. The number of nitrogens with zero attached hydrogens (tertiary/aromatic N) is 2. The van der Waals surface area contributed by atoms with Crippen molar-refractivity contribution in [1.82, 2.24) is 15.1 Å². The van der Waals surface area contributed by atoms with E-state index in [0.29, 0.717) is 17.6 Å². The highest BCUT2D eigenvalue weighted by molar-refractivity contribution is 5.93. The normalized spacial score (nSPS) is 16.7. The number of hydrogen-bond donors (Lipinski definition) is 1. The van der Waals surface area contributed by atoms with E-state index in [9.17, 15) is 9.59 Å². The van der Waals surface area contributed by atoms with Crippen molar-refractivity contribution >= 4 is 16.7 Å². The molecule has 6 nitrogen and oxygen atoms in total. The van der Waals surface area contributed by atoms with Crippen LogP contribution in [0.15, 0.2) is 53.3 Å². The number of hydrogen-bond acceptors (Lipinski definition) is 4. The zero-order chi connectivity index (χ0) is 20.2. The van der Waals surface area contributed by atoms with Gasteiger partial charge in [-0.3, -0.25) is 9.59 Å². The topological polar surface area (TPSA) is 73.2 Å². The molecule has 1 amide bonds. The molecule has 0 aliphatic carbocycles. The molecule has 2 heterocycles. The molecule has 4 rings (SSSR count). The standard InChI is InChI=1S/C23H25N3O3/c1-16-9-11-17(12-10-16)22-19-7-2-3-8-20(19)23(28)26(25-22)15-21(27)24-14-18-6-4-5-13-29-18/h2-3,7-12,18H,4-6,13-15H2,1H3,(H,24,27). The van der Waals surface area contributed by atoms with Gasteiger partial charge in [-0.25, -0.2) is 4.68 Å². The summed E-state index contributed by atoms with van der Waals surface area (Å²) in [6, 6.07) is 15.4. The monoisotopic (exact) mass is 391 g/mol. The molecule has 0 bridgehead atoms. The summed E-state index contributed by atoms with van der Waals surface area (Å²) in [6.45, 7) is 3.12. The Morgan fingerprint density at radius 3 is 2.62 bits per heavy atom. The number of nitrogens with one attached hydrogen (secondary N) is 1. The first kappa shape index (κ1) is 19.3. The molecule has 1 saturated heterocycles. The molecule has 29 heavy (non-hydrogen) atoms. The van der Waals surface area contributed by atoms with Crippen molar-refractivity contribution < 1.29 is 9.53 Å². The van der Waals surface area contributed by atoms with E-state index in [1.807, 2.05) is 49.4 Å². The lowest BCUT2D eigenvalue weighted by atomic mass is 10.0. The molecule has 1 N–H and O–H groups in total. The van der Waals surface area contributed by atoms with Gasteiger partial charge in [0.15, 0.2) is 0 Å². The Balaban J connectivity index is 1.62. The lowest BCUT2D eigenvalue weighted by Crippen LogP contribution is -2.39. The van der Waals surface area contributed by atoms with Crippen LogP contribution < -0.4 is 10.9 Å². The van der Waals surface area contributed by atoms with Gasteiger partial charge in [0.05, 0.1) is 17.2 Å². The number of rotatable bonds is 5. The average molecular weight is 391 g/mol. The maximum atomic E-state index is 12.9. The van der Waals surface area contributed by atoms with Crippen molar-refractivity contribution in [2.24, 2.45) is 0 Å². The number of aryl methyl sites for hydroxylation is 1. The van der Waals surface area contributed by atoms with E-state index >= 15 is 0 Å². The summed E-state index contributed by atoms with van der Waals surface area (Å²) in [5.41, 5.74) is 2.50. The Labute approximate surface area is 169 Å². The first-order valence-electron chi connectivity index (χ1n) is 10.1. The second kappa shape index (κ2) is 8.57. The first-order chi connectivity index (χ1) is 14.1. The number of ether oxygens (including phenoxy) is 1. The minimum absolute atomic E-state index is 0.0529. The van der Waals surface area contributed by atoms with Gasteiger partial charge in [0.1, 0.15) is 6.54 Å². The van der Waals surface area contributed by atoms with Crippen molar-refractivity contribution in [2.45, 2.75) is 38.8 Å². The second-order valence-electron chi connectivity index (χ2n) is 7.52. The molecule has 1 aromatic heterocycles. The molecule has 1 aliphatic rings. The number of carbonyl (C=O) groups excluding carboxylic acids is 1. The number of benzene rings is 2. The van der Waals surface area contributed by atoms with Crippen molar-refractivity contribution in [3.63, 3.8) is 0 Å². The molecular weight excluding hydrogens is 366 g/mol. The first-order valence-corrected chi connectivity index (χ1v) is 10.1. The summed E-state index contributed by atoms with van der Waals surface area (Å²) in [5, 5.41) is 8.77. The van der Waals surface area contributed by atoms with Crippen LogP contribution in [0.4, 0.5) is 0 Å². The minimum Gasteiger partial charge on any atom is -0.376 e. The van der Waals surface area contributed by atoms with Crippen LogP contribution in [0.1, 0.15) is 24.8 Å². The van der Waals surface area contributed by atoms with Gasteiger partial charge in [-0.15, -0.1) is 0 Å². The quantitative estimate of drug-likeness (QED) is 0.726. The number of amides is 1. The zero-order valence-corrected chi connectivity index (χ0v) is 16.6. The van der Waals surface area contributed by atoms with Gasteiger partial charge in [0, 0.05) is 24.1 Å². The Kier molecular flexibility index (Phi) is 5.71. The highest BCUT2D eigenvalue weighted by Gasteiger charge is 2.17. The lowest BCUT2D eigenvalue weighted by Gasteiger charge is -2.22. The van der Waals surface area contributed by atoms with Gasteiger partial charge in [0.2, 0.25) is 5.91 Å². The molecule has 0 radical (unpaired) electrons. The van der Waals surface area contributed by atoms with Crippen molar-refractivity contribution in [3.8, 4) is 11.3 Å². The fraction of sp³-hybridized carbons (Fsp3) is 0.348. The van der Waals surface area contributed by atoms with E-state index < -0.39 is 0 Å². The second-order valence-corrected chi connectivity index (χ2v) is 7.52. The third-order valence-electron chi connectivity index (χ3n) is 5.29. The molecule has 1 fully saturated rings. The molecule has 1 atom stereocenters. The van der Waals surface area contributed by atoms with E-state index in [-0.39, 0.29) is 24.1 Å². The van der Waals surface area contributed by atoms with Gasteiger partial charge in [-0.05, 0) is 32.3 Å². The largest absolute Gasteiger partial charge is 0.376 e. The highest BCUT2D eigenvalue weighted by Crippen LogP contribution is 2.24. The minimum atomic E-state index is -0.263. The summed E-state index contributed by atoms with van der Waals surface area (Å²) in [6.07, 6.45) is 3.19. The van der Waals surface area contributed by atoms with Gasteiger partial charge in [0.25, 0.3) is 5.56 Å². The summed E-state index contributed by atoms with van der Waals surface area (Å²) < 4.78 is 6.91. The average Bonchev–Trinajstić information content (AvgIpc) is 2.76. The lowest BCUT2D eigenvalue weighted by molar-refractivity contribution is -0.122. The summed E-state index contributed by atoms with van der Waals surface area (Å²) >= 11 is 0. The maximum Gasteiger partial charge on any atom is 0.275 e. The van der Waals surface area contributed by atoms with Crippen LogP contribution in [0.25, 0.3) is 22.0 Å². The molecular formula is C23H25N3O3. The Bertz CT molecular complexity index is 1070. The Hall–Kier alpha value is -2.99. The fourth-order valence-electron chi connectivity index (χ4n) is 3.65. The van der Waals surface area contributed by atoms with Gasteiger partial charge >= 0.3 is 0 Å². The Morgan fingerprint density at radius 2 is 1.90 bits per heavy atom. The van der Waals surface area contributed by atoms with Crippen LogP contribution in [-0.2, 0) is 16.1 Å². The van der Waals surface area contributed by atoms with Crippen molar-refractivity contribution in [1.29, 1.82) is 0 Å². The van der Waals surface area contributed by atoms with E-state index in [2.05, 4.69) is 10.4 Å². The summed E-state index contributed by atoms with van der Waals surface area (Å²) in [7, 11) is 0. The van der Waals surface area contributed by atoms with Gasteiger partial charge in [-0.2, -0.15) is 5.10 Å². The van der Waals surface area contributed by atoms with Crippen LogP contribution in [0.3, 0.4) is 0 Å². The van der Waals surface area contributed by atoms with Crippen molar-refractivity contribution in [3.05, 3.63) is 64.4 Å². The van der Waals surface area contributed by atoms with Crippen LogP contribution >= 0.6 is 0 Å². The molecule has 2 aromatic carbocycles. The Morgan fingerprint density at radius 1 is 1.14 bits per heavy atom. The van der Waals surface area contributed by atoms with E-state index in [4.69, 9.17) is 4.74 Å². The number of fused-ring (bicyclic) bond motifs is 1. The van der Waals surface area contributed by atoms with E-state index in [0.717, 1.165) is 42.4 Å². The van der Waals surface area contributed by atoms with Crippen LogP contribution in [-0.4, -0.2) is 34.9 Å². The highest BCUT2D eigenvalue weighted by atomic mass is 16.5. The molecule has 150 valence electrons. The molecule has 0 saturated carbocycles. The third-order valence-corrected chi connectivity index (χ3v) is 5.29. The van der Waals surface area contributed by atoms with E-state index in [1.54, 1.807) is 6.07 Å². The smallest absolute Gasteiger partial charge is 0.275 e. The fourth-order valence-corrected chi connectivity index (χ4v) is 3.65. The summed E-state index contributed by atoms with van der Waals surface area (Å²) in [4.78, 5) is 25.4. The van der Waals surface area contributed by atoms with Gasteiger partial charge in [-0.1, -0.05) is 48.0 Å². The third kappa shape index (κ3) is 4.38. The van der Waals surface area contributed by atoms with Gasteiger partial charge < -0.3 is 10.1 Å². The molecule has 3 aromatic rings. The zero-order valence-electron chi connectivity index (χ0n) is 16.6. The SMILES string of the molecule is Cc1ccc(-c2nn(CC(=O)NCC3CCCCO3)c(=O)c3ccccc23)cc1. The predicted molar refractivity (Wildman–Crippen MR) is 113 cm³/mol. The van der Waals surface area contributed by atoms with Crippen LogP contribution in [0.2, 0.25) is 0 Å². The summed E-state index contributed by atoms with van der Waals surface area (Å²) in [5.74, 6) is -0.237. The van der Waals surface area contributed by atoms with E-state index in [1.165, 1.54) is 4.68 Å².